The number of pyridine rings is 2. The number of carbonyl (C=O) groups is 3. The Kier molecular flexibility index (Phi) is 14.5. The highest BCUT2D eigenvalue weighted by atomic mass is 79.9. The van der Waals surface area contributed by atoms with Crippen molar-refractivity contribution in [3.63, 3.8) is 0 Å². The topological polar surface area (TPSA) is 118 Å². The van der Waals surface area contributed by atoms with E-state index in [0.717, 1.165) is 21.4 Å². The molecule has 10 nitrogen and oxygen atoms in total. The Hall–Kier alpha value is -4.13. The molecule has 5 aromatic rings. The normalized spacial score (nSPS) is 10.6. The second-order valence-corrected chi connectivity index (χ2v) is 11.9. The number of likely N-dealkylation sites (N-methyl/N-ethyl adjacent to an activating group) is 1. The Bertz CT molecular complexity index is 1970. The minimum absolute atomic E-state index is 0. The molecule has 0 fully saturated rings. The van der Waals surface area contributed by atoms with Gasteiger partial charge in [0, 0.05) is 48.0 Å². The maximum atomic E-state index is 13.0. The highest BCUT2D eigenvalue weighted by molar-refractivity contribution is 9.10. The molecule has 0 atom stereocenters. The molecule has 0 bridgehead atoms. The fraction of sp³-hybridized carbons (Fsp3) is 0.147. The molecule has 15 heteroatoms. The Balaban J connectivity index is 0.00000325. The first-order chi connectivity index (χ1) is 22.6. The number of aryl methyl sites for hydroxylation is 1. The smallest absolute Gasteiger partial charge is 0.246 e. The van der Waals surface area contributed by atoms with Crippen LogP contribution < -0.4 is 20.3 Å². The standard InChI is InChI=1S/C34H29BrCl2N6O4.2ClH/c1-21-33(35)43-17-3-4-28(34(43)40-21)47-20-25-26(36)10-11-27(32(25)37)42(2)31(46)19-39-29(44)12-7-22-5-8-24(9-6-22)41-30(45)18-23-13-15-38-16-14-23;;/h3-17H,18-20H2,1-2H3,(H,39,44)(H,41,45);2*1H/b12-7+;;. The van der Waals surface area contributed by atoms with Crippen LogP contribution in [0, 0.1) is 6.92 Å². The summed E-state index contributed by atoms with van der Waals surface area (Å²) in [5, 5.41) is 6.07. The second kappa shape index (κ2) is 18.0. The lowest BCUT2D eigenvalue weighted by Gasteiger charge is -2.21. The first kappa shape index (κ1) is 39.3. The van der Waals surface area contributed by atoms with E-state index in [1.807, 2.05) is 23.6 Å². The molecular formula is C34H31BrCl4N6O4. The molecule has 0 radical (unpaired) electrons. The van der Waals surface area contributed by atoms with Crippen LogP contribution in [-0.2, 0) is 27.4 Å². The second-order valence-electron chi connectivity index (χ2n) is 10.4. The Morgan fingerprint density at radius 3 is 2.45 bits per heavy atom. The molecule has 3 amide bonds. The van der Waals surface area contributed by atoms with Gasteiger partial charge in [-0.1, -0.05) is 35.3 Å². The van der Waals surface area contributed by atoms with Crippen molar-refractivity contribution >= 4 is 105 Å². The van der Waals surface area contributed by atoms with Crippen molar-refractivity contribution in [3.8, 4) is 5.75 Å². The fourth-order valence-corrected chi connectivity index (χ4v) is 5.56. The lowest BCUT2D eigenvalue weighted by Crippen LogP contribution is -2.37. The predicted molar refractivity (Wildman–Crippen MR) is 201 cm³/mol. The van der Waals surface area contributed by atoms with Crippen LogP contribution in [0.15, 0.2) is 89.9 Å². The number of fused-ring (bicyclic) bond motifs is 1. The Morgan fingerprint density at radius 2 is 1.73 bits per heavy atom. The van der Waals surface area contributed by atoms with Gasteiger partial charge < -0.3 is 20.3 Å². The molecule has 0 saturated heterocycles. The lowest BCUT2D eigenvalue weighted by molar-refractivity contribution is -0.122. The summed E-state index contributed by atoms with van der Waals surface area (Å²) in [7, 11) is 1.56. The zero-order chi connectivity index (χ0) is 33.5. The van der Waals surface area contributed by atoms with Gasteiger partial charge in [0.2, 0.25) is 17.7 Å². The number of benzene rings is 2. The van der Waals surface area contributed by atoms with Crippen LogP contribution in [0.3, 0.4) is 0 Å². The molecule has 0 saturated carbocycles. The first-order valence-electron chi connectivity index (χ1n) is 14.3. The third-order valence-electron chi connectivity index (χ3n) is 7.14. The molecule has 0 spiro atoms. The SMILES string of the molecule is Cc1nc2c(OCc3c(Cl)ccc(N(C)C(=O)CNC(=O)/C=C/c4ccc(NC(=O)Cc5ccncc5)cc4)c3Cl)cccn2c1Br.Cl.Cl. The minimum Gasteiger partial charge on any atom is -0.485 e. The molecule has 3 heterocycles. The van der Waals surface area contributed by atoms with Crippen LogP contribution >= 0.6 is 63.9 Å². The predicted octanol–water partition coefficient (Wildman–Crippen LogP) is 7.50. The molecule has 2 aromatic carbocycles. The number of carbonyl (C=O) groups excluding carboxylic acids is 3. The van der Waals surface area contributed by atoms with Crippen LogP contribution in [0.25, 0.3) is 11.7 Å². The van der Waals surface area contributed by atoms with Crippen LogP contribution in [0.2, 0.25) is 10.0 Å². The van der Waals surface area contributed by atoms with E-state index in [0.29, 0.717) is 33.4 Å². The zero-order valence-corrected chi connectivity index (χ0v) is 30.9. The van der Waals surface area contributed by atoms with E-state index in [4.69, 9.17) is 27.9 Å². The number of amides is 3. The number of hydrogen-bond donors (Lipinski definition) is 2. The first-order valence-corrected chi connectivity index (χ1v) is 15.9. The van der Waals surface area contributed by atoms with E-state index in [1.165, 1.54) is 11.0 Å². The minimum atomic E-state index is -0.451. The molecule has 5 rings (SSSR count). The molecule has 0 aliphatic rings. The van der Waals surface area contributed by atoms with Crippen molar-refractivity contribution < 1.29 is 19.1 Å². The van der Waals surface area contributed by atoms with Crippen molar-refractivity contribution in [1.82, 2.24) is 19.7 Å². The lowest BCUT2D eigenvalue weighted by atomic mass is 10.1. The quantitative estimate of drug-likeness (QED) is 0.134. The van der Waals surface area contributed by atoms with Gasteiger partial charge in [0.1, 0.15) is 11.2 Å². The Morgan fingerprint density at radius 1 is 1.02 bits per heavy atom. The van der Waals surface area contributed by atoms with Crippen molar-refractivity contribution in [1.29, 1.82) is 0 Å². The number of nitrogens with one attached hydrogen (secondary N) is 2. The van der Waals surface area contributed by atoms with Crippen molar-refractivity contribution in [2.75, 3.05) is 23.8 Å². The summed E-state index contributed by atoms with van der Waals surface area (Å²) >= 11 is 16.7. The van der Waals surface area contributed by atoms with E-state index in [-0.39, 0.29) is 55.3 Å². The van der Waals surface area contributed by atoms with E-state index >= 15 is 0 Å². The summed E-state index contributed by atoms with van der Waals surface area (Å²) in [6.45, 7) is 1.67. The fourth-order valence-electron chi connectivity index (χ4n) is 4.58. The van der Waals surface area contributed by atoms with Gasteiger partial charge in [0.15, 0.2) is 11.4 Å². The highest BCUT2D eigenvalue weighted by Crippen LogP contribution is 2.35. The number of anilines is 2. The monoisotopic (exact) mass is 806 g/mol. The number of halogens is 5. The summed E-state index contributed by atoms with van der Waals surface area (Å²) in [5.74, 6) is -0.450. The number of rotatable bonds is 11. The van der Waals surface area contributed by atoms with Gasteiger partial charge in [-0.2, -0.15) is 0 Å². The molecule has 3 aromatic heterocycles. The van der Waals surface area contributed by atoms with Crippen LogP contribution in [0.1, 0.15) is 22.4 Å². The third-order valence-corrected chi connectivity index (χ3v) is 8.87. The van der Waals surface area contributed by atoms with Gasteiger partial charge in [0.25, 0.3) is 0 Å². The zero-order valence-electron chi connectivity index (χ0n) is 26.2. The molecular weight excluding hydrogens is 778 g/mol. The van der Waals surface area contributed by atoms with Gasteiger partial charge in [-0.3, -0.25) is 23.8 Å². The molecule has 256 valence electrons. The number of hydrogen-bond acceptors (Lipinski definition) is 6. The van der Waals surface area contributed by atoms with Crippen molar-refractivity contribution in [2.24, 2.45) is 0 Å². The molecule has 0 aliphatic heterocycles. The van der Waals surface area contributed by atoms with Gasteiger partial charge in [0.05, 0.1) is 29.4 Å². The summed E-state index contributed by atoms with van der Waals surface area (Å²) in [6.07, 6.45) is 8.33. The van der Waals surface area contributed by atoms with E-state index in [2.05, 4.69) is 36.5 Å². The number of aromatic nitrogens is 3. The van der Waals surface area contributed by atoms with Crippen LogP contribution in [-0.4, -0.2) is 45.7 Å². The van der Waals surface area contributed by atoms with E-state index in [9.17, 15) is 14.4 Å². The maximum absolute atomic E-state index is 13.0. The van der Waals surface area contributed by atoms with Gasteiger partial charge >= 0.3 is 0 Å². The van der Waals surface area contributed by atoms with E-state index < -0.39 is 11.8 Å². The maximum Gasteiger partial charge on any atom is 0.246 e. The Labute approximate surface area is 313 Å². The number of ether oxygens (including phenoxy) is 1. The summed E-state index contributed by atoms with van der Waals surface area (Å²) in [4.78, 5) is 47.6. The summed E-state index contributed by atoms with van der Waals surface area (Å²) in [6, 6.07) is 17.5. The van der Waals surface area contributed by atoms with E-state index in [1.54, 1.807) is 80.1 Å². The van der Waals surface area contributed by atoms with Crippen molar-refractivity contribution in [3.05, 3.63) is 122 Å². The molecule has 2 N–H and O–H groups in total. The number of nitrogens with zero attached hydrogens (tertiary/aromatic N) is 4. The molecule has 0 aliphatic carbocycles. The average molecular weight is 809 g/mol. The van der Waals surface area contributed by atoms with Gasteiger partial charge in [-0.05, 0) is 88.6 Å². The highest BCUT2D eigenvalue weighted by Gasteiger charge is 2.20. The molecule has 0 unspecified atom stereocenters. The van der Waals surface area contributed by atoms with Gasteiger partial charge in [-0.25, -0.2) is 4.98 Å². The average Bonchev–Trinajstić information content (AvgIpc) is 3.36. The van der Waals surface area contributed by atoms with Crippen molar-refractivity contribution in [2.45, 2.75) is 20.0 Å². The third kappa shape index (κ3) is 9.96. The van der Waals surface area contributed by atoms with Gasteiger partial charge in [-0.15, -0.1) is 24.8 Å². The largest absolute Gasteiger partial charge is 0.485 e. The number of imidazole rings is 1. The van der Waals surface area contributed by atoms with Crippen LogP contribution in [0.5, 0.6) is 5.75 Å². The molecule has 49 heavy (non-hydrogen) atoms. The summed E-state index contributed by atoms with van der Waals surface area (Å²) in [5.41, 5.74) is 4.60. The van der Waals surface area contributed by atoms with Crippen LogP contribution in [0.4, 0.5) is 11.4 Å². The summed E-state index contributed by atoms with van der Waals surface area (Å²) < 4.78 is 8.75.